The molecule has 1 aromatic heterocycles. The summed E-state index contributed by atoms with van der Waals surface area (Å²) in [6, 6.07) is 36.5. The summed E-state index contributed by atoms with van der Waals surface area (Å²) in [6.07, 6.45) is 4.18. The Morgan fingerprint density at radius 1 is 0.774 bits per heavy atom. The molecule has 1 atom stereocenters. The van der Waals surface area contributed by atoms with Crippen LogP contribution in [0.15, 0.2) is 128 Å². The molecule has 0 spiro atoms. The molecule has 53 heavy (non-hydrogen) atoms. The minimum atomic E-state index is -0.243. The van der Waals surface area contributed by atoms with Crippen molar-refractivity contribution in [2.75, 3.05) is 40.7 Å². The van der Waals surface area contributed by atoms with E-state index in [-0.39, 0.29) is 11.9 Å². The van der Waals surface area contributed by atoms with Gasteiger partial charge < -0.3 is 35.5 Å². The van der Waals surface area contributed by atoms with E-state index in [4.69, 9.17) is 14.3 Å². The van der Waals surface area contributed by atoms with Crippen LogP contribution in [0.3, 0.4) is 0 Å². The largest absolute Gasteiger partial charge is 0.497 e. The average molecular weight is 724 g/mol. The van der Waals surface area contributed by atoms with Crippen LogP contribution >= 0.6 is 0 Å². The number of carbonyl (C=O) groups is 4. The van der Waals surface area contributed by atoms with Crippen LogP contribution in [-0.2, 0) is 16.1 Å². The van der Waals surface area contributed by atoms with Gasteiger partial charge in [0.25, 0.3) is 5.91 Å². The Morgan fingerprint density at radius 3 is 1.72 bits per heavy atom. The highest BCUT2D eigenvalue weighted by molar-refractivity contribution is 5.95. The van der Waals surface area contributed by atoms with Gasteiger partial charge in [0.1, 0.15) is 18.3 Å². The fraction of sp³-hybridized carbons (Fsp3) is 0.214. The number of pyridine rings is 1. The monoisotopic (exact) mass is 723 g/mol. The maximum absolute atomic E-state index is 12.0. The van der Waals surface area contributed by atoms with Gasteiger partial charge in [-0.25, -0.2) is 0 Å². The summed E-state index contributed by atoms with van der Waals surface area (Å²) in [5, 5.41) is 11.2. The van der Waals surface area contributed by atoms with Gasteiger partial charge in [-0.1, -0.05) is 78.4 Å². The number of hydrogen-bond acceptors (Lipinski definition) is 9. The first-order valence-corrected chi connectivity index (χ1v) is 16.5. The van der Waals surface area contributed by atoms with E-state index < -0.39 is 0 Å². The first-order valence-electron chi connectivity index (χ1n) is 16.5. The molecule has 0 aliphatic carbocycles. The quantitative estimate of drug-likeness (QED) is 0.116. The van der Waals surface area contributed by atoms with Crippen LogP contribution in [0.25, 0.3) is 0 Å². The first-order chi connectivity index (χ1) is 25.7. The van der Waals surface area contributed by atoms with Crippen molar-refractivity contribution in [2.45, 2.75) is 26.4 Å². The molecular weight excluding hydrogens is 670 g/mol. The molecule has 0 radical (unpaired) electrons. The number of nitrogens with one attached hydrogen (secondary N) is 4. The second kappa shape index (κ2) is 30.6. The minimum Gasteiger partial charge on any atom is -0.497 e. The molecule has 282 valence electrons. The van der Waals surface area contributed by atoms with Crippen LogP contribution in [-0.4, -0.2) is 65.7 Å². The molecule has 0 saturated heterocycles. The molecule has 5 rings (SSSR count). The zero-order valence-electron chi connectivity index (χ0n) is 31.7. The Bertz CT molecular complexity index is 1660. The highest BCUT2D eigenvalue weighted by atomic mass is 16.5. The van der Waals surface area contributed by atoms with E-state index in [1.165, 1.54) is 29.6 Å². The van der Waals surface area contributed by atoms with Gasteiger partial charge in [0.15, 0.2) is 6.29 Å². The van der Waals surface area contributed by atoms with Gasteiger partial charge in [0.05, 0.1) is 25.8 Å². The standard InChI is InChI=1S/C15H14N2O2.C9H13NO.C8H9NO2.C7H8.C2H7N.CH2O/c1-11(13-5-3-2-4-6-13)17-15(19)14-7-12(10-18)8-16-9-14;1-10-7-8-3-5-9(11-2)6-4-8;1-11-8-4-2-7(3-5-8)9-6-10;1-7-5-3-2-4-6-7;1-3-2;1-2/h2-11H,1H3,(H,17,19);3-6,10H,7H2,1-2H3;2-6H,1H3,(H,9,10);2-6H,1H3;3H,1-2H3;1H2. The molecule has 11 heteroatoms. The number of hydrogen-bond donors (Lipinski definition) is 4. The zero-order chi connectivity index (χ0) is 39.7. The SMILES string of the molecule is C=O.CC(NC(=O)c1cncc(C=O)c1)c1ccccc1.CNC.CNCc1ccc(OC)cc1.COc1ccc(NC=O)cc1.Cc1ccccc1. The Morgan fingerprint density at radius 2 is 1.28 bits per heavy atom. The van der Waals surface area contributed by atoms with Crippen molar-refractivity contribution in [1.82, 2.24) is 20.9 Å². The lowest BCUT2D eigenvalue weighted by atomic mass is 10.1. The van der Waals surface area contributed by atoms with Crippen molar-refractivity contribution in [3.8, 4) is 11.5 Å². The van der Waals surface area contributed by atoms with Gasteiger partial charge in [0.2, 0.25) is 6.41 Å². The topological polar surface area (TPSA) is 148 Å². The molecule has 4 N–H and O–H groups in total. The number of nitrogens with zero attached hydrogens (tertiary/aromatic N) is 1. The first kappa shape index (κ1) is 46.8. The number of rotatable bonds is 10. The number of benzene rings is 4. The summed E-state index contributed by atoms with van der Waals surface area (Å²) in [4.78, 5) is 44.5. The summed E-state index contributed by atoms with van der Waals surface area (Å²) >= 11 is 0. The summed E-state index contributed by atoms with van der Waals surface area (Å²) in [5.74, 6) is 1.44. The zero-order valence-corrected chi connectivity index (χ0v) is 31.7. The van der Waals surface area contributed by atoms with Crippen LogP contribution < -0.4 is 30.7 Å². The highest BCUT2D eigenvalue weighted by Gasteiger charge is 2.11. The predicted molar refractivity (Wildman–Crippen MR) is 214 cm³/mol. The molecule has 2 amide bonds. The predicted octanol–water partition coefficient (Wildman–Crippen LogP) is 6.71. The lowest BCUT2D eigenvalue weighted by molar-refractivity contribution is -0.105. The van der Waals surface area contributed by atoms with Gasteiger partial charge in [0, 0.05) is 30.2 Å². The molecule has 11 nitrogen and oxygen atoms in total. The van der Waals surface area contributed by atoms with E-state index in [9.17, 15) is 14.4 Å². The van der Waals surface area contributed by atoms with Gasteiger partial charge in [-0.15, -0.1) is 0 Å². The Hall–Kier alpha value is -6.17. The van der Waals surface area contributed by atoms with Crippen molar-refractivity contribution >= 4 is 31.1 Å². The second-order valence-corrected chi connectivity index (χ2v) is 10.8. The van der Waals surface area contributed by atoms with Crippen LogP contribution in [0.1, 0.15) is 50.4 Å². The van der Waals surface area contributed by atoms with E-state index in [0.29, 0.717) is 23.8 Å². The minimum absolute atomic E-state index is 0.103. The van der Waals surface area contributed by atoms with Gasteiger partial charge >= 0.3 is 0 Å². The second-order valence-electron chi connectivity index (χ2n) is 10.8. The van der Waals surface area contributed by atoms with E-state index in [1.54, 1.807) is 38.5 Å². The summed E-state index contributed by atoms with van der Waals surface area (Å²) < 4.78 is 9.96. The van der Waals surface area contributed by atoms with Crippen molar-refractivity contribution in [3.05, 3.63) is 155 Å². The summed E-state index contributed by atoms with van der Waals surface area (Å²) in [6.45, 7) is 6.90. The molecular formula is C42H53N5O6. The number of ether oxygens (including phenoxy) is 2. The maximum atomic E-state index is 12.0. The number of carbonyl (C=O) groups excluding carboxylic acids is 4. The molecule has 4 aromatic carbocycles. The Kier molecular flexibility index (Phi) is 27.1. The maximum Gasteiger partial charge on any atom is 0.253 e. The molecule has 0 bridgehead atoms. The van der Waals surface area contributed by atoms with Gasteiger partial charge in [-0.2, -0.15) is 0 Å². The molecule has 0 aliphatic heterocycles. The van der Waals surface area contributed by atoms with E-state index in [2.05, 4.69) is 57.4 Å². The number of aryl methyl sites for hydroxylation is 1. The molecule has 1 heterocycles. The average Bonchev–Trinajstić information content (AvgIpc) is 3.21. The Labute approximate surface area is 314 Å². The molecule has 0 aliphatic rings. The third-order valence-electron chi connectivity index (χ3n) is 6.60. The van der Waals surface area contributed by atoms with Crippen molar-refractivity contribution in [1.29, 1.82) is 0 Å². The fourth-order valence-electron chi connectivity index (χ4n) is 3.99. The normalized spacial score (nSPS) is 9.57. The fourth-order valence-corrected chi connectivity index (χ4v) is 3.99. The van der Waals surface area contributed by atoms with Crippen molar-refractivity contribution < 1.29 is 28.7 Å². The molecule has 0 saturated carbocycles. The molecule has 1 unspecified atom stereocenters. The van der Waals surface area contributed by atoms with Crippen LogP contribution in [0, 0.1) is 6.92 Å². The molecule has 0 fully saturated rings. The third kappa shape index (κ3) is 21.6. The number of aldehydes is 1. The number of aromatic nitrogens is 1. The smallest absolute Gasteiger partial charge is 0.253 e. The van der Waals surface area contributed by atoms with Crippen molar-refractivity contribution in [2.24, 2.45) is 0 Å². The van der Waals surface area contributed by atoms with Gasteiger partial charge in [-0.05, 0) is 88.6 Å². The Balaban J connectivity index is 0.000000688. The van der Waals surface area contributed by atoms with Crippen LogP contribution in [0.2, 0.25) is 0 Å². The lowest BCUT2D eigenvalue weighted by Gasteiger charge is -2.14. The van der Waals surface area contributed by atoms with Gasteiger partial charge in [-0.3, -0.25) is 19.4 Å². The summed E-state index contributed by atoms with van der Waals surface area (Å²) in [5.41, 5.74) is 5.15. The number of amides is 2. The highest BCUT2D eigenvalue weighted by Crippen LogP contribution is 2.14. The van der Waals surface area contributed by atoms with Crippen LogP contribution in [0.5, 0.6) is 11.5 Å². The van der Waals surface area contributed by atoms with E-state index >= 15 is 0 Å². The number of anilines is 1. The number of methoxy groups -OCH3 is 2. The third-order valence-corrected chi connectivity index (χ3v) is 6.60. The summed E-state index contributed by atoms with van der Waals surface area (Å²) in [7, 11) is 8.96. The van der Waals surface area contributed by atoms with Crippen LogP contribution in [0.4, 0.5) is 5.69 Å². The van der Waals surface area contributed by atoms with Crippen molar-refractivity contribution in [3.63, 3.8) is 0 Å². The molecule has 5 aromatic rings. The van der Waals surface area contributed by atoms with E-state index in [1.807, 2.05) is 95.5 Å². The van der Waals surface area contributed by atoms with E-state index in [0.717, 1.165) is 29.3 Å². The lowest BCUT2D eigenvalue weighted by Crippen LogP contribution is -2.26.